The van der Waals surface area contributed by atoms with Crippen LogP contribution in [-0.4, -0.2) is 29.3 Å². The van der Waals surface area contributed by atoms with Gasteiger partial charge in [0.25, 0.3) is 0 Å². The zero-order valence-electron chi connectivity index (χ0n) is 21.8. The fraction of sp³-hybridized carbons (Fsp3) is 0.344. The Morgan fingerprint density at radius 2 is 1.68 bits per heavy atom. The highest BCUT2D eigenvalue weighted by Crippen LogP contribution is 2.42. The van der Waals surface area contributed by atoms with E-state index in [0.29, 0.717) is 12.2 Å². The normalized spacial score (nSPS) is 14.4. The van der Waals surface area contributed by atoms with Crippen LogP contribution in [0.25, 0.3) is 0 Å². The second kappa shape index (κ2) is 11.5. The first kappa shape index (κ1) is 26.3. The zero-order valence-corrected chi connectivity index (χ0v) is 21.8. The molecule has 3 aromatic rings. The first-order valence-electron chi connectivity index (χ1n) is 12.9. The molecule has 1 atom stereocenters. The Morgan fingerprint density at radius 3 is 2.30 bits per heavy atom. The summed E-state index contributed by atoms with van der Waals surface area (Å²) >= 11 is 0. The van der Waals surface area contributed by atoms with Gasteiger partial charge in [-0.15, -0.1) is 0 Å². The Morgan fingerprint density at radius 1 is 1.00 bits per heavy atom. The highest BCUT2D eigenvalue weighted by molar-refractivity contribution is 5.87. The first-order valence-corrected chi connectivity index (χ1v) is 12.9. The number of hydrogen-bond donors (Lipinski definition) is 2. The third-order valence-corrected chi connectivity index (χ3v) is 6.62. The van der Waals surface area contributed by atoms with Gasteiger partial charge in [0.15, 0.2) is 0 Å². The molecule has 1 aliphatic heterocycles. The van der Waals surface area contributed by atoms with Crippen LogP contribution >= 0.6 is 0 Å². The minimum atomic E-state index is -0.994. The molecule has 3 aromatic carbocycles. The number of carbonyl (C=O) groups is 1. The molecule has 1 fully saturated rings. The molecule has 0 saturated carbocycles. The lowest BCUT2D eigenvalue weighted by Crippen LogP contribution is -2.30. The average molecular weight is 498 g/mol. The van der Waals surface area contributed by atoms with Crippen LogP contribution in [0.3, 0.4) is 0 Å². The van der Waals surface area contributed by atoms with Crippen molar-refractivity contribution in [2.45, 2.75) is 58.2 Å². The number of ether oxygens (including phenoxy) is 1. The molecule has 1 heterocycles. The van der Waals surface area contributed by atoms with Gasteiger partial charge in [0.2, 0.25) is 0 Å². The maximum absolute atomic E-state index is 11.1. The van der Waals surface area contributed by atoms with Crippen molar-refractivity contribution in [3.63, 3.8) is 0 Å². The Bertz CT molecular complexity index is 1270. The molecule has 0 spiro atoms. The molecule has 5 nitrogen and oxygen atoms in total. The van der Waals surface area contributed by atoms with Crippen LogP contribution in [0.5, 0.6) is 5.75 Å². The van der Waals surface area contributed by atoms with E-state index in [-0.39, 0.29) is 11.0 Å². The third-order valence-electron chi connectivity index (χ3n) is 6.62. The van der Waals surface area contributed by atoms with Crippen molar-refractivity contribution in [1.82, 2.24) is 0 Å². The van der Waals surface area contributed by atoms with E-state index in [1.807, 2.05) is 30.3 Å². The van der Waals surface area contributed by atoms with Gasteiger partial charge in [-0.05, 0) is 72.2 Å². The van der Waals surface area contributed by atoms with E-state index in [9.17, 15) is 9.90 Å². The lowest BCUT2D eigenvalue weighted by Gasteiger charge is -2.34. The van der Waals surface area contributed by atoms with Crippen molar-refractivity contribution in [1.29, 1.82) is 0 Å². The molecule has 37 heavy (non-hydrogen) atoms. The molecule has 0 radical (unpaired) electrons. The van der Waals surface area contributed by atoms with Crippen LogP contribution in [0.4, 0.5) is 5.69 Å². The molecule has 1 aliphatic rings. The van der Waals surface area contributed by atoms with Crippen molar-refractivity contribution >= 4 is 11.7 Å². The van der Waals surface area contributed by atoms with Crippen molar-refractivity contribution in [2.75, 3.05) is 18.0 Å². The number of nitrogens with zero attached hydrogens (tertiary/aromatic N) is 1. The SMILES string of the molecule is CC(C)(C)c1cc(C(O)C#Cc2ccc(C(=O)O)cc2)cc(N2CCCCC2)c1OCc1ccccc1. The van der Waals surface area contributed by atoms with Gasteiger partial charge in [-0.1, -0.05) is 62.9 Å². The van der Waals surface area contributed by atoms with Crippen LogP contribution in [0.1, 0.15) is 78.7 Å². The van der Waals surface area contributed by atoms with Crippen LogP contribution in [0.15, 0.2) is 66.7 Å². The van der Waals surface area contributed by atoms with Gasteiger partial charge in [-0.3, -0.25) is 0 Å². The van der Waals surface area contributed by atoms with Gasteiger partial charge in [0, 0.05) is 24.2 Å². The molecule has 2 N–H and O–H groups in total. The average Bonchev–Trinajstić information content (AvgIpc) is 2.91. The summed E-state index contributed by atoms with van der Waals surface area (Å²) in [5.74, 6) is 5.83. The van der Waals surface area contributed by atoms with Crippen LogP contribution in [0.2, 0.25) is 0 Å². The van der Waals surface area contributed by atoms with Crippen molar-refractivity contribution in [3.05, 3.63) is 94.5 Å². The summed E-state index contributed by atoms with van der Waals surface area (Å²) in [7, 11) is 0. The molecule has 1 unspecified atom stereocenters. The quantitative estimate of drug-likeness (QED) is 0.389. The lowest BCUT2D eigenvalue weighted by atomic mass is 9.84. The predicted octanol–water partition coefficient (Wildman–Crippen LogP) is 6.34. The van der Waals surface area contributed by atoms with Crippen molar-refractivity contribution in [2.24, 2.45) is 0 Å². The molecule has 1 saturated heterocycles. The van der Waals surface area contributed by atoms with Crippen molar-refractivity contribution in [3.8, 4) is 17.6 Å². The zero-order chi connectivity index (χ0) is 26.4. The molecule has 192 valence electrons. The topological polar surface area (TPSA) is 70.0 Å². The number of aliphatic hydroxyl groups is 1. The van der Waals surface area contributed by atoms with E-state index in [1.165, 1.54) is 18.6 Å². The highest BCUT2D eigenvalue weighted by atomic mass is 16.5. The Labute approximate surface area is 219 Å². The minimum absolute atomic E-state index is 0.207. The largest absolute Gasteiger partial charge is 0.486 e. The summed E-state index contributed by atoms with van der Waals surface area (Å²) in [5, 5.41) is 20.2. The molecule has 0 amide bonds. The van der Waals surface area contributed by atoms with E-state index in [4.69, 9.17) is 9.84 Å². The second-order valence-electron chi connectivity index (χ2n) is 10.5. The van der Waals surface area contributed by atoms with E-state index in [2.05, 4.69) is 49.6 Å². The number of hydrogen-bond acceptors (Lipinski definition) is 4. The predicted molar refractivity (Wildman–Crippen MR) is 147 cm³/mol. The second-order valence-corrected chi connectivity index (χ2v) is 10.5. The van der Waals surface area contributed by atoms with Gasteiger partial charge in [-0.2, -0.15) is 0 Å². The smallest absolute Gasteiger partial charge is 0.335 e. The maximum Gasteiger partial charge on any atom is 0.335 e. The van der Waals surface area contributed by atoms with Gasteiger partial charge < -0.3 is 19.8 Å². The standard InChI is InChI=1S/C32H35NO4/c1-32(2,3)27-20-26(29(34)17-14-23-12-15-25(16-13-23)31(35)36)21-28(33-18-8-5-9-19-33)30(27)37-22-24-10-6-4-7-11-24/h4,6-7,10-13,15-16,20-21,29,34H,5,8-9,18-19,22H2,1-3H3,(H,35,36). The molecule has 4 rings (SSSR count). The summed E-state index contributed by atoms with van der Waals surface area (Å²) < 4.78 is 6.52. The van der Waals surface area contributed by atoms with E-state index < -0.39 is 12.1 Å². The van der Waals surface area contributed by atoms with E-state index >= 15 is 0 Å². The van der Waals surface area contributed by atoms with Gasteiger partial charge in [0.1, 0.15) is 18.5 Å². The molecular weight excluding hydrogens is 462 g/mol. The minimum Gasteiger partial charge on any atom is -0.486 e. The van der Waals surface area contributed by atoms with Gasteiger partial charge in [-0.25, -0.2) is 4.79 Å². The Kier molecular flexibility index (Phi) is 8.21. The number of aromatic carboxylic acids is 1. The third kappa shape index (κ3) is 6.72. The fourth-order valence-corrected chi connectivity index (χ4v) is 4.53. The van der Waals surface area contributed by atoms with E-state index in [0.717, 1.165) is 54.1 Å². The molecule has 0 aliphatic carbocycles. The summed E-state index contributed by atoms with van der Waals surface area (Å²) in [6.45, 7) is 8.84. The number of benzene rings is 3. The highest BCUT2D eigenvalue weighted by Gasteiger charge is 2.27. The first-order chi connectivity index (χ1) is 17.7. The molecule has 0 aromatic heterocycles. The summed E-state index contributed by atoms with van der Waals surface area (Å²) in [5.41, 5.74) is 4.52. The molecular formula is C32H35NO4. The number of carboxylic acid groups (broad SMARTS) is 1. The van der Waals surface area contributed by atoms with Gasteiger partial charge >= 0.3 is 5.97 Å². The summed E-state index contributed by atoms with van der Waals surface area (Å²) in [4.78, 5) is 13.5. The van der Waals surface area contributed by atoms with Crippen molar-refractivity contribution < 1.29 is 19.7 Å². The molecule has 5 heteroatoms. The lowest BCUT2D eigenvalue weighted by molar-refractivity contribution is 0.0697. The number of rotatable bonds is 6. The number of aliphatic hydroxyl groups excluding tert-OH is 1. The number of anilines is 1. The molecule has 0 bridgehead atoms. The number of piperidine rings is 1. The monoisotopic (exact) mass is 497 g/mol. The fourth-order valence-electron chi connectivity index (χ4n) is 4.53. The Balaban J connectivity index is 1.71. The summed E-state index contributed by atoms with van der Waals surface area (Å²) in [6, 6.07) is 20.5. The van der Waals surface area contributed by atoms with Crippen LogP contribution in [-0.2, 0) is 12.0 Å². The van der Waals surface area contributed by atoms with Crippen LogP contribution < -0.4 is 9.64 Å². The maximum atomic E-state index is 11.1. The van der Waals surface area contributed by atoms with Gasteiger partial charge in [0.05, 0.1) is 11.3 Å². The Hall–Kier alpha value is -3.75. The number of carboxylic acids is 1. The van der Waals surface area contributed by atoms with E-state index in [1.54, 1.807) is 12.1 Å². The van der Waals surface area contributed by atoms with Crippen LogP contribution in [0, 0.1) is 11.8 Å². The summed E-state index contributed by atoms with van der Waals surface area (Å²) in [6.07, 6.45) is 2.48.